The van der Waals surface area contributed by atoms with Crippen LogP contribution in [0.1, 0.15) is 31.7 Å². The second-order valence-electron chi connectivity index (χ2n) is 3.79. The first kappa shape index (κ1) is 10.6. The number of unbranched alkanes of at least 4 members (excludes halogenated alkanes) is 2. The maximum Gasteiger partial charge on any atom is 0.0984 e. The van der Waals surface area contributed by atoms with Crippen LogP contribution in [-0.4, -0.2) is 9.76 Å². The predicted octanol–water partition coefficient (Wildman–Crippen LogP) is 3.20. The van der Waals surface area contributed by atoms with Gasteiger partial charge in [0.15, 0.2) is 0 Å². The quantitative estimate of drug-likeness (QED) is 0.718. The van der Waals surface area contributed by atoms with Crippen molar-refractivity contribution in [2.24, 2.45) is 4.99 Å². The lowest BCUT2D eigenvalue weighted by Crippen LogP contribution is -1.90. The molecule has 0 amide bonds. The van der Waals surface area contributed by atoms with E-state index in [1.165, 1.54) is 30.4 Å². The van der Waals surface area contributed by atoms with Gasteiger partial charge in [-0.25, -0.2) is 9.20 Å². The number of hydrogen-bond donors (Lipinski definition) is 0. The minimum absolute atomic E-state index is 0.868. The molecule has 0 fully saturated rings. The summed E-state index contributed by atoms with van der Waals surface area (Å²) in [5.41, 5.74) is 3.66. The molecule has 80 valence electrons. The molecule has 0 saturated heterocycles. The average Bonchev–Trinajstić information content (AvgIpc) is 2.61. The normalized spacial score (nSPS) is 18.1. The summed E-state index contributed by atoms with van der Waals surface area (Å²) in [6.07, 6.45) is 4.79. The van der Waals surface area contributed by atoms with Crippen molar-refractivity contribution < 1.29 is 4.21 Å². The molecule has 1 aliphatic heterocycles. The number of benzene rings is 1. The van der Waals surface area contributed by atoms with Crippen LogP contribution in [0, 0.1) is 0 Å². The molecule has 2 nitrogen and oxygen atoms in total. The predicted molar refractivity (Wildman–Crippen MR) is 64.2 cm³/mol. The topological polar surface area (TPSA) is 29.4 Å². The van der Waals surface area contributed by atoms with Gasteiger partial charge in [0.05, 0.1) is 26.9 Å². The van der Waals surface area contributed by atoms with E-state index in [9.17, 15) is 4.21 Å². The van der Waals surface area contributed by atoms with Crippen molar-refractivity contribution in [3.63, 3.8) is 0 Å². The van der Waals surface area contributed by atoms with Crippen LogP contribution in [0.3, 0.4) is 0 Å². The molecule has 1 atom stereocenters. The molecule has 0 spiro atoms. The number of aliphatic imine (C=N–C) groups is 1. The molecule has 0 N–H and O–H groups in total. The molecule has 0 bridgehead atoms. The number of rotatable bonds is 4. The van der Waals surface area contributed by atoms with Crippen LogP contribution in [0.5, 0.6) is 0 Å². The van der Waals surface area contributed by atoms with Gasteiger partial charge in [-0.2, -0.15) is 0 Å². The Morgan fingerprint density at radius 3 is 3.00 bits per heavy atom. The Labute approximate surface area is 92.9 Å². The third-order valence-electron chi connectivity index (χ3n) is 2.60. The molecule has 1 aliphatic rings. The van der Waals surface area contributed by atoms with E-state index in [-0.39, 0.29) is 0 Å². The molecular formula is C12H15NOS. The Morgan fingerprint density at radius 2 is 2.20 bits per heavy atom. The summed E-state index contributed by atoms with van der Waals surface area (Å²) in [5, 5.41) is 0. The molecule has 1 heterocycles. The lowest BCUT2D eigenvalue weighted by molar-refractivity contribution is 0.690. The van der Waals surface area contributed by atoms with E-state index in [0.717, 1.165) is 17.0 Å². The average molecular weight is 221 g/mol. The fraction of sp³-hybridized carbons (Fsp3) is 0.417. The SMILES string of the molecule is CCCCCc1ccc2c(c1)S(=O)C=N2. The molecule has 0 aromatic heterocycles. The summed E-state index contributed by atoms with van der Waals surface area (Å²) < 4.78 is 11.5. The summed E-state index contributed by atoms with van der Waals surface area (Å²) in [6, 6.07) is 6.10. The van der Waals surface area contributed by atoms with E-state index in [1.807, 2.05) is 12.1 Å². The number of aryl methyl sites for hydroxylation is 1. The molecule has 1 aromatic carbocycles. The Morgan fingerprint density at radius 1 is 1.33 bits per heavy atom. The lowest BCUT2D eigenvalue weighted by Gasteiger charge is -2.02. The van der Waals surface area contributed by atoms with E-state index >= 15 is 0 Å². The summed E-state index contributed by atoms with van der Waals surface area (Å²) in [4.78, 5) is 4.97. The molecule has 1 unspecified atom stereocenters. The minimum atomic E-state index is -1.01. The zero-order chi connectivity index (χ0) is 10.7. The van der Waals surface area contributed by atoms with Gasteiger partial charge in [0.2, 0.25) is 0 Å². The van der Waals surface area contributed by atoms with Gasteiger partial charge >= 0.3 is 0 Å². The van der Waals surface area contributed by atoms with Gasteiger partial charge in [0, 0.05) is 0 Å². The Hall–Kier alpha value is -0.960. The highest BCUT2D eigenvalue weighted by atomic mass is 32.2. The second-order valence-corrected chi connectivity index (χ2v) is 5.04. The van der Waals surface area contributed by atoms with Gasteiger partial charge in [0.25, 0.3) is 0 Å². The van der Waals surface area contributed by atoms with E-state index < -0.39 is 10.8 Å². The van der Waals surface area contributed by atoms with Crippen LogP contribution in [-0.2, 0) is 17.2 Å². The highest BCUT2D eigenvalue weighted by Gasteiger charge is 2.13. The van der Waals surface area contributed by atoms with Gasteiger partial charge in [-0.05, 0) is 30.5 Å². The van der Waals surface area contributed by atoms with Crippen molar-refractivity contribution in [3.8, 4) is 0 Å². The van der Waals surface area contributed by atoms with Crippen molar-refractivity contribution >= 4 is 22.0 Å². The summed E-state index contributed by atoms with van der Waals surface area (Å²) in [6.45, 7) is 2.20. The molecule has 1 aromatic rings. The highest BCUT2D eigenvalue weighted by Crippen LogP contribution is 2.28. The monoisotopic (exact) mass is 221 g/mol. The largest absolute Gasteiger partial charge is 0.248 e. The van der Waals surface area contributed by atoms with Crippen LogP contribution in [0.4, 0.5) is 5.69 Å². The highest BCUT2D eigenvalue weighted by molar-refractivity contribution is 7.99. The molecule has 3 heteroatoms. The smallest absolute Gasteiger partial charge is 0.0984 e. The zero-order valence-corrected chi connectivity index (χ0v) is 9.72. The maximum atomic E-state index is 11.5. The van der Waals surface area contributed by atoms with Crippen LogP contribution >= 0.6 is 0 Å². The molecule has 0 aliphatic carbocycles. The summed E-state index contributed by atoms with van der Waals surface area (Å²) >= 11 is 0. The van der Waals surface area contributed by atoms with Crippen molar-refractivity contribution in [2.45, 2.75) is 37.5 Å². The van der Waals surface area contributed by atoms with E-state index in [2.05, 4.69) is 18.0 Å². The molecular weight excluding hydrogens is 206 g/mol. The first-order valence-corrected chi connectivity index (χ1v) is 6.60. The van der Waals surface area contributed by atoms with Gasteiger partial charge < -0.3 is 0 Å². The summed E-state index contributed by atoms with van der Waals surface area (Å²) in [5.74, 6) is 0. The van der Waals surface area contributed by atoms with Gasteiger partial charge in [0.1, 0.15) is 0 Å². The van der Waals surface area contributed by atoms with Crippen LogP contribution < -0.4 is 0 Å². The first-order valence-electron chi connectivity index (χ1n) is 5.39. The number of nitrogens with zero attached hydrogens (tertiary/aromatic N) is 1. The van der Waals surface area contributed by atoms with Crippen molar-refractivity contribution in [3.05, 3.63) is 23.8 Å². The number of fused-ring (bicyclic) bond motifs is 1. The Balaban J connectivity index is 2.10. The van der Waals surface area contributed by atoms with Gasteiger partial charge in [-0.1, -0.05) is 25.8 Å². The lowest BCUT2D eigenvalue weighted by atomic mass is 10.1. The van der Waals surface area contributed by atoms with E-state index in [1.54, 1.807) is 0 Å². The Bertz CT molecular complexity index is 412. The summed E-state index contributed by atoms with van der Waals surface area (Å²) in [7, 11) is -1.01. The second kappa shape index (κ2) is 4.71. The molecule has 15 heavy (non-hydrogen) atoms. The third-order valence-corrected chi connectivity index (χ3v) is 3.65. The first-order chi connectivity index (χ1) is 7.31. The Kier molecular flexibility index (Phi) is 3.31. The van der Waals surface area contributed by atoms with E-state index in [0.29, 0.717) is 0 Å². The van der Waals surface area contributed by atoms with Crippen molar-refractivity contribution in [1.29, 1.82) is 0 Å². The van der Waals surface area contributed by atoms with Crippen molar-refractivity contribution in [1.82, 2.24) is 0 Å². The molecule has 0 radical (unpaired) electrons. The molecule has 2 rings (SSSR count). The standard InChI is InChI=1S/C12H15NOS/c1-2-3-4-5-10-6-7-11-12(8-10)15(14)9-13-11/h6-9H,2-5H2,1H3. The van der Waals surface area contributed by atoms with Crippen molar-refractivity contribution in [2.75, 3.05) is 0 Å². The van der Waals surface area contributed by atoms with Gasteiger partial charge in [-0.3, -0.25) is 0 Å². The van der Waals surface area contributed by atoms with E-state index in [4.69, 9.17) is 0 Å². The fourth-order valence-corrected chi connectivity index (χ4v) is 2.64. The van der Waals surface area contributed by atoms with Gasteiger partial charge in [-0.15, -0.1) is 0 Å². The zero-order valence-electron chi connectivity index (χ0n) is 8.90. The fourth-order valence-electron chi connectivity index (χ4n) is 1.72. The molecule has 0 saturated carbocycles. The minimum Gasteiger partial charge on any atom is -0.248 e. The van der Waals surface area contributed by atoms with Crippen LogP contribution in [0.25, 0.3) is 0 Å². The maximum absolute atomic E-state index is 11.5. The van der Waals surface area contributed by atoms with Crippen LogP contribution in [0.2, 0.25) is 0 Å². The van der Waals surface area contributed by atoms with Crippen LogP contribution in [0.15, 0.2) is 28.1 Å². The number of hydrogen-bond acceptors (Lipinski definition) is 2. The third kappa shape index (κ3) is 2.34.